The molecule has 2 saturated carbocycles. The summed E-state index contributed by atoms with van der Waals surface area (Å²) in [7, 11) is -3.87. The summed E-state index contributed by atoms with van der Waals surface area (Å²) in [5, 5.41) is 8.01. The van der Waals surface area contributed by atoms with Crippen molar-refractivity contribution in [1.82, 2.24) is 24.8 Å². The number of benzene rings is 1. The Labute approximate surface area is 295 Å². The summed E-state index contributed by atoms with van der Waals surface area (Å²) in [6, 6.07) is 4.14. The van der Waals surface area contributed by atoms with Gasteiger partial charge in [-0.3, -0.25) is 24.0 Å². The molecule has 1 aromatic carbocycles. The average molecular weight is 723 g/mol. The highest BCUT2D eigenvalue weighted by Gasteiger charge is 2.62. The zero-order valence-corrected chi connectivity index (χ0v) is 29.7. The largest absolute Gasteiger partial charge is 0.444 e. The number of fused-ring (bicyclic) bond motifs is 5. The van der Waals surface area contributed by atoms with Crippen LogP contribution in [0.25, 0.3) is 6.08 Å². The maximum atomic E-state index is 14.4. The van der Waals surface area contributed by atoms with E-state index in [2.05, 4.69) is 34.1 Å². The molecule has 0 spiro atoms. The molecule has 50 heavy (non-hydrogen) atoms. The molecule has 2 aliphatic carbocycles. The van der Waals surface area contributed by atoms with Crippen molar-refractivity contribution in [3.05, 3.63) is 64.7 Å². The van der Waals surface area contributed by atoms with Gasteiger partial charge in [-0.1, -0.05) is 50.3 Å². The van der Waals surface area contributed by atoms with Crippen LogP contribution in [0.15, 0.2) is 42.3 Å². The fourth-order valence-electron chi connectivity index (χ4n) is 7.10. The van der Waals surface area contributed by atoms with Gasteiger partial charge in [0.25, 0.3) is 5.91 Å². The molecule has 4 amide bonds. The molecule has 13 nitrogen and oxygen atoms in total. The molecular formula is C35H42N6O7S2. The van der Waals surface area contributed by atoms with Gasteiger partial charge in [0, 0.05) is 24.3 Å². The Morgan fingerprint density at radius 1 is 1.22 bits per heavy atom. The lowest BCUT2D eigenvalue weighted by atomic mass is 10.0. The molecule has 5 aliphatic rings. The van der Waals surface area contributed by atoms with Crippen LogP contribution in [0.4, 0.5) is 9.93 Å². The Hall–Kier alpha value is -4.24. The van der Waals surface area contributed by atoms with Gasteiger partial charge in [0.1, 0.15) is 23.7 Å². The lowest BCUT2D eigenvalue weighted by molar-refractivity contribution is -0.140. The quantitative estimate of drug-likeness (QED) is 0.364. The van der Waals surface area contributed by atoms with Crippen molar-refractivity contribution < 1.29 is 32.3 Å². The maximum absolute atomic E-state index is 14.4. The van der Waals surface area contributed by atoms with E-state index >= 15 is 0 Å². The Morgan fingerprint density at radius 3 is 2.74 bits per heavy atom. The van der Waals surface area contributed by atoms with Crippen LogP contribution >= 0.6 is 11.3 Å². The van der Waals surface area contributed by atoms with E-state index in [0.29, 0.717) is 37.5 Å². The number of nitrogens with one attached hydrogen (secondary N) is 3. The Bertz CT molecular complexity index is 1870. The first kappa shape index (κ1) is 34.2. The van der Waals surface area contributed by atoms with Gasteiger partial charge in [0.2, 0.25) is 21.8 Å². The number of rotatable bonds is 7. The third-order valence-corrected chi connectivity index (χ3v) is 12.9. The summed E-state index contributed by atoms with van der Waals surface area (Å²) in [6.07, 6.45) is 6.93. The molecule has 3 fully saturated rings. The minimum absolute atomic E-state index is 0.00112. The first-order chi connectivity index (χ1) is 23.9. The molecule has 15 heteroatoms. The van der Waals surface area contributed by atoms with Gasteiger partial charge in [-0.05, 0) is 54.7 Å². The van der Waals surface area contributed by atoms with Gasteiger partial charge < -0.3 is 20.3 Å². The lowest BCUT2D eigenvalue weighted by Crippen LogP contribution is -2.58. The van der Waals surface area contributed by atoms with Crippen LogP contribution in [0.5, 0.6) is 0 Å². The minimum Gasteiger partial charge on any atom is -0.444 e. The average Bonchev–Trinajstić information content (AvgIpc) is 3.89. The summed E-state index contributed by atoms with van der Waals surface area (Å²) >= 11 is 1.40. The van der Waals surface area contributed by atoms with Gasteiger partial charge >= 0.3 is 6.09 Å². The second kappa shape index (κ2) is 13.1. The first-order valence-electron chi connectivity index (χ1n) is 17.1. The Morgan fingerprint density at radius 2 is 2.02 bits per heavy atom. The van der Waals surface area contributed by atoms with Crippen LogP contribution in [0.2, 0.25) is 0 Å². The van der Waals surface area contributed by atoms with E-state index in [1.807, 2.05) is 37.4 Å². The number of aryl methyl sites for hydroxylation is 1. The Kier molecular flexibility index (Phi) is 8.99. The number of amides is 4. The zero-order chi connectivity index (χ0) is 35.4. The van der Waals surface area contributed by atoms with E-state index in [1.165, 1.54) is 22.3 Å². The van der Waals surface area contributed by atoms with Crippen LogP contribution in [-0.4, -0.2) is 82.5 Å². The van der Waals surface area contributed by atoms with Crippen molar-refractivity contribution in [2.45, 2.75) is 94.4 Å². The van der Waals surface area contributed by atoms with E-state index in [1.54, 1.807) is 4.90 Å². The summed E-state index contributed by atoms with van der Waals surface area (Å²) in [6.45, 7) is 8.26. The summed E-state index contributed by atoms with van der Waals surface area (Å²) in [5.74, 6) is -2.52. The van der Waals surface area contributed by atoms with Gasteiger partial charge in [0.15, 0.2) is 5.13 Å². The topological polar surface area (TPSA) is 167 Å². The van der Waals surface area contributed by atoms with Crippen molar-refractivity contribution in [2.75, 3.05) is 11.9 Å². The van der Waals surface area contributed by atoms with Crippen LogP contribution in [0.3, 0.4) is 0 Å². The second-order valence-electron chi connectivity index (χ2n) is 14.2. The molecule has 4 heterocycles. The maximum Gasteiger partial charge on any atom is 0.410 e. The van der Waals surface area contributed by atoms with Crippen LogP contribution in [0, 0.1) is 11.8 Å². The summed E-state index contributed by atoms with van der Waals surface area (Å²) in [4.78, 5) is 63.2. The fourth-order valence-corrected chi connectivity index (χ4v) is 9.25. The van der Waals surface area contributed by atoms with Crippen molar-refractivity contribution in [1.29, 1.82) is 0 Å². The molecule has 6 bridgehead atoms. The monoisotopic (exact) mass is 722 g/mol. The number of carbonyl (C=O) groups excluding carboxylic acids is 4. The zero-order valence-electron chi connectivity index (χ0n) is 28.1. The molecule has 1 aromatic heterocycles. The minimum atomic E-state index is -3.87. The molecule has 1 saturated heterocycles. The van der Waals surface area contributed by atoms with Gasteiger partial charge in [-0.25, -0.2) is 18.2 Å². The van der Waals surface area contributed by atoms with E-state index in [-0.39, 0.29) is 31.2 Å². The number of sulfonamides is 1. The number of thiazole rings is 1. The smallest absolute Gasteiger partial charge is 0.410 e. The number of allylic oxidation sites excluding steroid dienone is 1. The standard InChI is InChI=1S/C35H42N6O7S2/c1-4-23-15-35(23,32(44)39-50(46,47)26-12-13-26)38-30(42)28-14-25-17-41(28)31(43)29(20(2)3)37-33-36-24(19-49-33)11-6-5-8-21-9-7-10-22-16-40(18-27(21)22)34(45)48-25/h4-5,7-10,19-20,23,25-26,28-29H,1,6,11-18H2,2-3H3,(H,36,37)(H,38,42)(H,39,44)/t23?,25-,28+,29+,35-/m1/s1. The number of anilines is 1. The number of aromatic nitrogens is 1. The number of hydrogen-bond donors (Lipinski definition) is 3. The Balaban J connectivity index is 1.17. The predicted molar refractivity (Wildman–Crippen MR) is 187 cm³/mol. The molecule has 3 aliphatic heterocycles. The predicted octanol–water partition coefficient (Wildman–Crippen LogP) is 3.33. The van der Waals surface area contributed by atoms with Crippen molar-refractivity contribution in [2.24, 2.45) is 11.8 Å². The van der Waals surface area contributed by atoms with Gasteiger partial charge in [0.05, 0.1) is 24.0 Å². The third kappa shape index (κ3) is 6.64. The highest BCUT2D eigenvalue weighted by Crippen LogP contribution is 2.45. The molecule has 5 atom stereocenters. The molecule has 0 radical (unpaired) electrons. The van der Waals surface area contributed by atoms with Crippen LogP contribution < -0.4 is 15.4 Å². The second-order valence-corrected chi connectivity index (χ2v) is 17.0. The molecule has 7 rings (SSSR count). The van der Waals surface area contributed by atoms with E-state index in [4.69, 9.17) is 9.72 Å². The van der Waals surface area contributed by atoms with Crippen molar-refractivity contribution >= 4 is 56.4 Å². The third-order valence-electron chi connectivity index (χ3n) is 10.3. The normalized spacial score (nSPS) is 27.9. The SMILES string of the molecule is C=CC1C[C@]1(NC(=O)[C@@H]1C[C@@H]2CN1C(=O)[C@H](C(C)C)Nc1nc(cs1)CCC=Cc1cccc3c1CN(C3)C(=O)O2)C(=O)NS(=O)(=O)C1CC1. The number of ether oxygens (including phenoxy) is 1. The first-order valence-corrected chi connectivity index (χ1v) is 19.6. The van der Waals surface area contributed by atoms with Crippen molar-refractivity contribution in [3.8, 4) is 0 Å². The fraction of sp³-hybridized carbons (Fsp3) is 0.514. The lowest BCUT2D eigenvalue weighted by Gasteiger charge is -2.31. The number of hydrogen-bond acceptors (Lipinski definition) is 10. The van der Waals surface area contributed by atoms with Crippen LogP contribution in [0.1, 0.15) is 68.3 Å². The molecular weight excluding hydrogens is 681 g/mol. The molecule has 2 aromatic rings. The van der Waals surface area contributed by atoms with Gasteiger partial charge in [-0.2, -0.15) is 0 Å². The molecule has 3 N–H and O–H groups in total. The van der Waals surface area contributed by atoms with E-state index < -0.39 is 62.8 Å². The number of carbonyl (C=O) groups is 4. The van der Waals surface area contributed by atoms with Crippen molar-refractivity contribution in [3.63, 3.8) is 0 Å². The van der Waals surface area contributed by atoms with Crippen LogP contribution in [-0.2, 0) is 48.7 Å². The summed E-state index contributed by atoms with van der Waals surface area (Å²) in [5.41, 5.74) is 2.49. The highest BCUT2D eigenvalue weighted by molar-refractivity contribution is 7.91. The van der Waals surface area contributed by atoms with E-state index in [0.717, 1.165) is 28.8 Å². The number of nitrogens with zero attached hydrogens (tertiary/aromatic N) is 3. The summed E-state index contributed by atoms with van der Waals surface area (Å²) < 4.78 is 33.4. The van der Waals surface area contributed by atoms with E-state index in [9.17, 15) is 27.6 Å². The molecule has 266 valence electrons. The highest BCUT2D eigenvalue weighted by atomic mass is 32.2. The van der Waals surface area contributed by atoms with Gasteiger partial charge in [-0.15, -0.1) is 17.9 Å². The molecule has 1 unspecified atom stereocenters.